The van der Waals surface area contributed by atoms with Crippen LogP contribution in [0.5, 0.6) is 0 Å². The Labute approximate surface area is 133 Å². The maximum atomic E-state index is 11.3. The fourth-order valence-electron chi connectivity index (χ4n) is 2.99. The monoisotopic (exact) mass is 314 g/mol. The van der Waals surface area contributed by atoms with Crippen molar-refractivity contribution in [2.75, 3.05) is 13.2 Å². The molecule has 1 rings (SSSR count). The maximum absolute atomic E-state index is 11.3. The molecule has 3 nitrogen and oxygen atoms in total. The van der Waals surface area contributed by atoms with Gasteiger partial charge < -0.3 is 9.84 Å². The Hall–Kier alpha value is -0.800. The number of carbonyl (C=O) groups excluding carboxylic acids is 1. The molecule has 21 heavy (non-hydrogen) atoms. The van der Waals surface area contributed by atoms with E-state index >= 15 is 0 Å². The molecule has 1 aliphatic rings. The first-order chi connectivity index (χ1) is 10.1. The molecule has 0 aromatic heterocycles. The molecule has 0 aromatic carbocycles. The van der Waals surface area contributed by atoms with E-state index in [0.717, 1.165) is 25.7 Å². The molecular formula is C17H27ClO3. The molecule has 0 radical (unpaired) electrons. The normalized spacial score (nSPS) is 28.9. The first-order valence-corrected chi connectivity index (χ1v) is 8.20. The smallest absolute Gasteiger partial charge is 0.306 e. The van der Waals surface area contributed by atoms with Gasteiger partial charge in [-0.1, -0.05) is 31.7 Å². The lowest BCUT2D eigenvalue weighted by atomic mass is 9.89. The van der Waals surface area contributed by atoms with Crippen LogP contribution in [0.3, 0.4) is 0 Å². The largest absolute Gasteiger partial charge is 0.461 e. The fraction of sp³-hybridized carbons (Fsp3) is 0.706. The van der Waals surface area contributed by atoms with E-state index in [2.05, 4.69) is 25.7 Å². The van der Waals surface area contributed by atoms with E-state index in [1.807, 2.05) is 0 Å². The summed E-state index contributed by atoms with van der Waals surface area (Å²) in [5.74, 6) is 0.996. The van der Waals surface area contributed by atoms with Crippen LogP contribution in [0.1, 0.15) is 39.0 Å². The quantitative estimate of drug-likeness (QED) is 0.305. The highest BCUT2D eigenvalue weighted by Crippen LogP contribution is 2.41. The van der Waals surface area contributed by atoms with Gasteiger partial charge in [0.1, 0.15) is 6.61 Å². The highest BCUT2D eigenvalue weighted by atomic mass is 35.5. The molecule has 0 bridgehead atoms. The number of unbranched alkanes of at least 4 members (excludes halogenated alkanes) is 1. The van der Waals surface area contributed by atoms with Gasteiger partial charge in [0.15, 0.2) is 0 Å². The Kier molecular flexibility index (Phi) is 8.70. The summed E-state index contributed by atoms with van der Waals surface area (Å²) in [5.41, 5.74) is 0. The van der Waals surface area contributed by atoms with Crippen molar-refractivity contribution in [3.8, 4) is 0 Å². The van der Waals surface area contributed by atoms with E-state index in [0.29, 0.717) is 24.2 Å². The SMILES string of the molecule is C=CCOC(=O)CCC/C=C\C[C@@H]1[C@@H](CO)[C@H](C)C[C@H]1Cl. The van der Waals surface area contributed by atoms with E-state index in [1.165, 1.54) is 0 Å². The Morgan fingerprint density at radius 2 is 2.19 bits per heavy atom. The number of rotatable bonds is 9. The van der Waals surface area contributed by atoms with E-state index in [9.17, 15) is 9.90 Å². The fourth-order valence-corrected chi connectivity index (χ4v) is 3.56. The highest BCUT2D eigenvalue weighted by molar-refractivity contribution is 6.21. The first kappa shape index (κ1) is 18.2. The number of aliphatic hydroxyl groups excluding tert-OH is 1. The van der Waals surface area contributed by atoms with Crippen LogP contribution in [0.2, 0.25) is 0 Å². The van der Waals surface area contributed by atoms with Gasteiger partial charge in [-0.2, -0.15) is 0 Å². The number of carbonyl (C=O) groups is 1. The van der Waals surface area contributed by atoms with Crippen molar-refractivity contribution in [1.82, 2.24) is 0 Å². The van der Waals surface area contributed by atoms with Crippen LogP contribution in [0, 0.1) is 17.8 Å². The van der Waals surface area contributed by atoms with Gasteiger partial charge in [0.25, 0.3) is 0 Å². The summed E-state index contributed by atoms with van der Waals surface area (Å²) >= 11 is 6.36. The summed E-state index contributed by atoms with van der Waals surface area (Å²) in [7, 11) is 0. The summed E-state index contributed by atoms with van der Waals surface area (Å²) < 4.78 is 4.91. The second-order valence-corrected chi connectivity index (χ2v) is 6.37. The van der Waals surface area contributed by atoms with E-state index in [4.69, 9.17) is 16.3 Å². The summed E-state index contributed by atoms with van der Waals surface area (Å²) in [6.45, 7) is 6.17. The van der Waals surface area contributed by atoms with E-state index in [1.54, 1.807) is 6.08 Å². The van der Waals surface area contributed by atoms with Crippen molar-refractivity contribution in [2.24, 2.45) is 17.8 Å². The Morgan fingerprint density at radius 3 is 2.86 bits per heavy atom. The van der Waals surface area contributed by atoms with Gasteiger partial charge in [0, 0.05) is 18.4 Å². The third-order valence-electron chi connectivity index (χ3n) is 4.24. The van der Waals surface area contributed by atoms with Crippen LogP contribution < -0.4 is 0 Å². The number of ether oxygens (including phenoxy) is 1. The highest BCUT2D eigenvalue weighted by Gasteiger charge is 2.38. The Morgan fingerprint density at radius 1 is 1.43 bits per heavy atom. The molecule has 1 aliphatic carbocycles. The van der Waals surface area contributed by atoms with Crippen LogP contribution in [0.15, 0.2) is 24.8 Å². The van der Waals surface area contributed by atoms with Gasteiger partial charge in [-0.15, -0.1) is 11.6 Å². The van der Waals surface area contributed by atoms with Crippen molar-refractivity contribution in [2.45, 2.75) is 44.4 Å². The number of alkyl halides is 1. The number of hydrogen-bond donors (Lipinski definition) is 1. The predicted molar refractivity (Wildman–Crippen MR) is 86.3 cm³/mol. The van der Waals surface area contributed by atoms with Crippen LogP contribution in [0.25, 0.3) is 0 Å². The average Bonchev–Trinajstić information content (AvgIpc) is 2.73. The number of allylic oxidation sites excluding steroid dienone is 2. The topological polar surface area (TPSA) is 46.5 Å². The summed E-state index contributed by atoms with van der Waals surface area (Å²) in [6.07, 6.45) is 9.79. The zero-order valence-corrected chi connectivity index (χ0v) is 13.6. The van der Waals surface area contributed by atoms with Gasteiger partial charge in [-0.05, 0) is 43.4 Å². The molecule has 0 unspecified atom stereocenters. The molecule has 0 amide bonds. The van der Waals surface area contributed by atoms with E-state index < -0.39 is 0 Å². The molecule has 4 atom stereocenters. The third-order valence-corrected chi connectivity index (χ3v) is 4.74. The molecule has 1 N–H and O–H groups in total. The lowest BCUT2D eigenvalue weighted by Crippen LogP contribution is -2.20. The molecule has 1 saturated carbocycles. The van der Waals surface area contributed by atoms with Crippen molar-refractivity contribution in [1.29, 1.82) is 0 Å². The van der Waals surface area contributed by atoms with Crippen LogP contribution in [-0.4, -0.2) is 29.7 Å². The van der Waals surface area contributed by atoms with Crippen molar-refractivity contribution >= 4 is 17.6 Å². The number of halogens is 1. The molecule has 0 aliphatic heterocycles. The minimum atomic E-state index is -0.172. The van der Waals surface area contributed by atoms with Crippen molar-refractivity contribution in [3.05, 3.63) is 24.8 Å². The molecular weight excluding hydrogens is 288 g/mol. The maximum Gasteiger partial charge on any atom is 0.306 e. The minimum absolute atomic E-state index is 0.163. The van der Waals surface area contributed by atoms with Crippen molar-refractivity contribution in [3.63, 3.8) is 0 Å². The van der Waals surface area contributed by atoms with Gasteiger partial charge in [-0.25, -0.2) is 0 Å². The van der Waals surface area contributed by atoms with Gasteiger partial charge in [0.05, 0.1) is 0 Å². The van der Waals surface area contributed by atoms with Crippen LogP contribution in [0.4, 0.5) is 0 Å². The third kappa shape index (κ3) is 6.23. The van der Waals surface area contributed by atoms with Crippen molar-refractivity contribution < 1.29 is 14.6 Å². The number of aliphatic hydroxyl groups is 1. The molecule has 4 heteroatoms. The molecule has 0 saturated heterocycles. The molecule has 0 heterocycles. The zero-order valence-electron chi connectivity index (χ0n) is 12.8. The first-order valence-electron chi connectivity index (χ1n) is 7.76. The molecule has 120 valence electrons. The van der Waals surface area contributed by atoms with Gasteiger partial charge in [-0.3, -0.25) is 4.79 Å². The zero-order chi connectivity index (χ0) is 15.7. The lowest BCUT2D eigenvalue weighted by molar-refractivity contribution is -0.142. The average molecular weight is 315 g/mol. The van der Waals surface area contributed by atoms with Gasteiger partial charge in [0.2, 0.25) is 0 Å². The van der Waals surface area contributed by atoms with Crippen LogP contribution in [-0.2, 0) is 9.53 Å². The standard InChI is InChI=1S/C17H27ClO3/c1-3-10-21-17(20)9-7-5-4-6-8-14-15(12-19)13(2)11-16(14)18/h3-4,6,13-16,19H,1,5,7-12H2,2H3/b6-4-/t13-,14-,15+,16-/m1/s1. The lowest BCUT2D eigenvalue weighted by Gasteiger charge is -2.20. The molecule has 0 spiro atoms. The van der Waals surface area contributed by atoms with Gasteiger partial charge >= 0.3 is 5.97 Å². The van der Waals surface area contributed by atoms with E-state index in [-0.39, 0.29) is 24.6 Å². The number of esters is 1. The summed E-state index contributed by atoms with van der Waals surface area (Å²) in [6, 6.07) is 0. The van der Waals surface area contributed by atoms with Crippen LogP contribution >= 0.6 is 11.6 Å². The molecule has 0 aromatic rings. The summed E-state index contributed by atoms with van der Waals surface area (Å²) in [5, 5.41) is 9.62. The Bertz CT molecular complexity index is 354. The number of hydrogen-bond acceptors (Lipinski definition) is 3. The molecule has 1 fully saturated rings. The second-order valence-electron chi connectivity index (χ2n) is 5.81. The Balaban J connectivity index is 2.19. The second kappa shape index (κ2) is 10.0. The predicted octanol–water partition coefficient (Wildman–Crippen LogP) is 3.70. The minimum Gasteiger partial charge on any atom is -0.461 e. The summed E-state index contributed by atoms with van der Waals surface area (Å²) in [4.78, 5) is 11.3.